The number of carbonyl (C=O) groups excluding carboxylic acids is 1. The summed E-state index contributed by atoms with van der Waals surface area (Å²) in [5.74, 6) is 0.719. The molecule has 2 N–H and O–H groups in total. The van der Waals surface area contributed by atoms with Crippen molar-refractivity contribution in [3.05, 3.63) is 53.0 Å². The van der Waals surface area contributed by atoms with Crippen molar-refractivity contribution in [3.8, 4) is 16.3 Å². The van der Waals surface area contributed by atoms with Crippen LogP contribution in [0, 0.1) is 0 Å². The fraction of sp³-hybridized carbons (Fsp3) is 0.222. The molecule has 24 heavy (non-hydrogen) atoms. The summed E-state index contributed by atoms with van der Waals surface area (Å²) in [6.45, 7) is 2.03. The van der Waals surface area contributed by atoms with E-state index in [1.54, 1.807) is 18.4 Å². The zero-order chi connectivity index (χ0) is 16.9. The van der Waals surface area contributed by atoms with Gasteiger partial charge in [0.05, 0.1) is 29.8 Å². The van der Waals surface area contributed by atoms with Crippen molar-refractivity contribution in [2.24, 2.45) is 0 Å². The van der Waals surface area contributed by atoms with Crippen LogP contribution in [0.5, 0.6) is 5.75 Å². The minimum Gasteiger partial charge on any atom is -0.497 e. The second-order valence-electron chi connectivity index (χ2n) is 5.33. The molecule has 6 heteroatoms. The van der Waals surface area contributed by atoms with Crippen molar-refractivity contribution < 1.29 is 9.53 Å². The van der Waals surface area contributed by atoms with Gasteiger partial charge < -0.3 is 10.1 Å². The number of nitrogens with one attached hydrogen (secondary N) is 2. The van der Waals surface area contributed by atoms with E-state index in [1.807, 2.05) is 48.7 Å². The highest BCUT2D eigenvalue weighted by Gasteiger charge is 2.17. The smallest absolute Gasteiger partial charge is 0.228 e. The van der Waals surface area contributed by atoms with Crippen LogP contribution >= 0.6 is 11.3 Å². The normalized spacial score (nSPS) is 10.6. The lowest BCUT2D eigenvalue weighted by Gasteiger charge is -2.08. The molecular weight excluding hydrogens is 322 g/mol. The van der Waals surface area contributed by atoms with Crippen LogP contribution in [0.1, 0.15) is 18.2 Å². The summed E-state index contributed by atoms with van der Waals surface area (Å²) >= 11 is 1.60. The quantitative estimate of drug-likeness (QED) is 0.715. The van der Waals surface area contributed by atoms with Crippen molar-refractivity contribution in [2.45, 2.75) is 19.8 Å². The van der Waals surface area contributed by atoms with Crippen LogP contribution in [0.2, 0.25) is 0 Å². The molecule has 3 rings (SSSR count). The third kappa shape index (κ3) is 3.49. The molecule has 0 saturated heterocycles. The second-order valence-corrected chi connectivity index (χ2v) is 6.28. The standard InChI is InChI=1S/C18H19N3O2S/c1-3-14-17(18(21-20-14)15-5-4-10-24-15)19-16(22)11-12-6-8-13(23-2)9-7-12/h4-10H,3,11H2,1-2H3,(H,19,22)(H,20,21). The van der Waals surface area contributed by atoms with Gasteiger partial charge in [0.25, 0.3) is 0 Å². The Morgan fingerprint density at radius 1 is 1.29 bits per heavy atom. The fourth-order valence-electron chi connectivity index (χ4n) is 2.47. The number of amides is 1. The number of H-pyrrole nitrogens is 1. The monoisotopic (exact) mass is 341 g/mol. The lowest BCUT2D eigenvalue weighted by molar-refractivity contribution is -0.115. The molecule has 0 fully saturated rings. The molecule has 0 aliphatic carbocycles. The van der Waals surface area contributed by atoms with Gasteiger partial charge in [0, 0.05) is 0 Å². The Labute approximate surface area is 144 Å². The molecule has 0 spiro atoms. The van der Waals surface area contributed by atoms with Gasteiger partial charge >= 0.3 is 0 Å². The van der Waals surface area contributed by atoms with Gasteiger partial charge in [0.1, 0.15) is 11.4 Å². The first-order valence-corrected chi connectivity index (χ1v) is 8.63. The predicted molar refractivity (Wildman–Crippen MR) is 96.6 cm³/mol. The highest BCUT2D eigenvalue weighted by molar-refractivity contribution is 7.13. The Hall–Kier alpha value is -2.60. The first kappa shape index (κ1) is 16.3. The summed E-state index contributed by atoms with van der Waals surface area (Å²) in [4.78, 5) is 13.5. The van der Waals surface area contributed by atoms with Crippen molar-refractivity contribution in [3.63, 3.8) is 0 Å². The van der Waals surface area contributed by atoms with Crippen molar-refractivity contribution in [1.29, 1.82) is 0 Å². The molecule has 5 nitrogen and oxygen atoms in total. The summed E-state index contributed by atoms with van der Waals surface area (Å²) in [5, 5.41) is 12.4. The van der Waals surface area contributed by atoms with Crippen LogP contribution < -0.4 is 10.1 Å². The van der Waals surface area contributed by atoms with E-state index >= 15 is 0 Å². The van der Waals surface area contributed by atoms with Gasteiger partial charge in [-0.3, -0.25) is 9.89 Å². The number of aromatic amines is 1. The molecule has 1 amide bonds. The number of hydrogen-bond donors (Lipinski definition) is 2. The van der Waals surface area contributed by atoms with Crippen LogP contribution in [0.25, 0.3) is 10.6 Å². The van der Waals surface area contributed by atoms with Gasteiger partial charge in [0.2, 0.25) is 5.91 Å². The van der Waals surface area contributed by atoms with Gasteiger partial charge in [-0.05, 0) is 35.6 Å². The van der Waals surface area contributed by atoms with Gasteiger partial charge in [-0.25, -0.2) is 0 Å². The van der Waals surface area contributed by atoms with Crippen LogP contribution in [0.4, 0.5) is 5.69 Å². The molecule has 124 valence electrons. The Bertz CT molecular complexity index is 807. The summed E-state index contributed by atoms with van der Waals surface area (Å²) in [7, 11) is 1.62. The molecule has 3 aromatic rings. The maximum atomic E-state index is 12.4. The Kier molecular flexibility index (Phi) is 4.96. The number of hydrogen-bond acceptors (Lipinski definition) is 4. The Morgan fingerprint density at radius 2 is 2.08 bits per heavy atom. The van der Waals surface area contributed by atoms with E-state index in [-0.39, 0.29) is 5.91 Å². The van der Waals surface area contributed by atoms with Crippen molar-refractivity contribution >= 4 is 22.9 Å². The number of methoxy groups -OCH3 is 1. The van der Waals surface area contributed by atoms with Crippen molar-refractivity contribution in [1.82, 2.24) is 10.2 Å². The minimum absolute atomic E-state index is 0.0610. The van der Waals surface area contributed by atoms with Crippen LogP contribution in [0.15, 0.2) is 41.8 Å². The second kappa shape index (κ2) is 7.31. The average Bonchev–Trinajstić information content (AvgIpc) is 3.24. The number of aromatic nitrogens is 2. The molecule has 1 aromatic carbocycles. The van der Waals surface area contributed by atoms with E-state index in [4.69, 9.17) is 4.74 Å². The number of anilines is 1. The average molecular weight is 341 g/mol. The number of carbonyl (C=O) groups is 1. The van der Waals surface area contributed by atoms with E-state index in [1.165, 1.54) is 0 Å². The zero-order valence-electron chi connectivity index (χ0n) is 13.6. The topological polar surface area (TPSA) is 67.0 Å². The van der Waals surface area contributed by atoms with E-state index in [9.17, 15) is 4.79 Å². The highest BCUT2D eigenvalue weighted by atomic mass is 32.1. The molecule has 0 unspecified atom stereocenters. The third-order valence-electron chi connectivity index (χ3n) is 3.74. The first-order valence-electron chi connectivity index (χ1n) is 7.75. The number of nitrogens with zero attached hydrogens (tertiary/aromatic N) is 1. The van der Waals surface area contributed by atoms with Gasteiger partial charge in [-0.15, -0.1) is 11.3 Å². The molecule has 0 atom stereocenters. The molecule has 0 aliphatic rings. The number of aryl methyl sites for hydroxylation is 1. The van der Waals surface area contributed by atoms with Gasteiger partial charge in [-0.1, -0.05) is 25.1 Å². The lowest BCUT2D eigenvalue weighted by Crippen LogP contribution is -2.15. The number of rotatable bonds is 6. The predicted octanol–water partition coefficient (Wildman–Crippen LogP) is 3.89. The zero-order valence-corrected chi connectivity index (χ0v) is 14.4. The minimum atomic E-state index is -0.0610. The van der Waals surface area contributed by atoms with E-state index in [0.29, 0.717) is 6.42 Å². The number of ether oxygens (including phenoxy) is 1. The summed E-state index contributed by atoms with van der Waals surface area (Å²) in [6.07, 6.45) is 1.08. The molecule has 0 radical (unpaired) electrons. The van der Waals surface area contributed by atoms with Crippen LogP contribution in [0.3, 0.4) is 0 Å². The molecule has 2 heterocycles. The van der Waals surface area contributed by atoms with E-state index in [0.717, 1.165) is 39.7 Å². The molecular formula is C18H19N3O2S. The third-order valence-corrected chi connectivity index (χ3v) is 4.61. The molecule has 0 aliphatic heterocycles. The van der Waals surface area contributed by atoms with E-state index in [2.05, 4.69) is 15.5 Å². The van der Waals surface area contributed by atoms with Crippen LogP contribution in [-0.2, 0) is 17.6 Å². The summed E-state index contributed by atoms with van der Waals surface area (Å²) in [6, 6.07) is 11.5. The first-order chi connectivity index (χ1) is 11.7. The number of benzene rings is 1. The van der Waals surface area contributed by atoms with Gasteiger partial charge in [0.15, 0.2) is 0 Å². The van der Waals surface area contributed by atoms with Crippen molar-refractivity contribution in [2.75, 3.05) is 12.4 Å². The maximum absolute atomic E-state index is 12.4. The van der Waals surface area contributed by atoms with Gasteiger partial charge in [-0.2, -0.15) is 5.10 Å². The fourth-order valence-corrected chi connectivity index (χ4v) is 3.19. The Morgan fingerprint density at radius 3 is 2.71 bits per heavy atom. The lowest BCUT2D eigenvalue weighted by atomic mass is 10.1. The van der Waals surface area contributed by atoms with Crippen LogP contribution in [-0.4, -0.2) is 23.2 Å². The summed E-state index contributed by atoms with van der Waals surface area (Å²) in [5.41, 5.74) is 3.44. The maximum Gasteiger partial charge on any atom is 0.228 e. The molecule has 0 saturated carbocycles. The largest absolute Gasteiger partial charge is 0.497 e. The molecule has 0 bridgehead atoms. The molecule has 2 aromatic heterocycles. The highest BCUT2D eigenvalue weighted by Crippen LogP contribution is 2.32. The number of thiophene rings is 1. The van der Waals surface area contributed by atoms with E-state index < -0.39 is 0 Å². The Balaban J connectivity index is 1.77. The summed E-state index contributed by atoms with van der Waals surface area (Å²) < 4.78 is 5.13. The SMILES string of the molecule is CCc1[nH]nc(-c2cccs2)c1NC(=O)Cc1ccc(OC)cc1.